The number of hydrogen-bond donors (Lipinski definition) is 1. The minimum atomic E-state index is -0.215. The van der Waals surface area contributed by atoms with Crippen molar-refractivity contribution >= 4 is 23.2 Å². The Morgan fingerprint density at radius 1 is 1.18 bits per heavy atom. The van der Waals surface area contributed by atoms with E-state index < -0.39 is 0 Å². The van der Waals surface area contributed by atoms with Gasteiger partial charge in [0.1, 0.15) is 0 Å². The van der Waals surface area contributed by atoms with E-state index in [0.717, 1.165) is 17.8 Å². The fourth-order valence-electron chi connectivity index (χ4n) is 3.99. The van der Waals surface area contributed by atoms with Crippen molar-refractivity contribution in [3.8, 4) is 11.5 Å². The Morgan fingerprint density at radius 2 is 1.96 bits per heavy atom. The van der Waals surface area contributed by atoms with Gasteiger partial charge in [-0.2, -0.15) is 0 Å². The Morgan fingerprint density at radius 3 is 2.79 bits per heavy atom. The molecule has 1 N–H and O–H groups in total. The molecular weight excluding hydrogens is 376 g/mol. The monoisotopic (exact) mass is 400 g/mol. The van der Waals surface area contributed by atoms with Crippen LogP contribution < -0.4 is 14.8 Å². The lowest BCUT2D eigenvalue weighted by molar-refractivity contribution is 0.102. The Balaban J connectivity index is 1.49. The minimum absolute atomic E-state index is 0.121. The van der Waals surface area contributed by atoms with Gasteiger partial charge in [-0.05, 0) is 43.7 Å². The largest absolute Gasteiger partial charge is 0.454 e. The maximum absolute atomic E-state index is 12.8. The minimum Gasteiger partial charge on any atom is -0.454 e. The van der Waals surface area contributed by atoms with Gasteiger partial charge in [-0.1, -0.05) is 49.1 Å². The molecule has 0 atom stereocenters. The Labute approximate surface area is 170 Å². The Kier molecular flexibility index (Phi) is 5.74. The van der Waals surface area contributed by atoms with Crippen molar-refractivity contribution in [2.24, 2.45) is 0 Å². The van der Waals surface area contributed by atoms with Crippen LogP contribution >= 0.6 is 11.6 Å². The molecule has 1 amide bonds. The summed E-state index contributed by atoms with van der Waals surface area (Å²) in [6.45, 7) is 0.930. The van der Waals surface area contributed by atoms with Gasteiger partial charge in [-0.25, -0.2) is 0 Å². The highest BCUT2D eigenvalue weighted by atomic mass is 35.5. The predicted molar refractivity (Wildman–Crippen MR) is 110 cm³/mol. The number of fused-ring (bicyclic) bond motifs is 1. The van der Waals surface area contributed by atoms with Crippen LogP contribution in [-0.2, 0) is 6.54 Å². The van der Waals surface area contributed by atoms with Crippen molar-refractivity contribution in [2.75, 3.05) is 19.2 Å². The topological polar surface area (TPSA) is 50.8 Å². The van der Waals surface area contributed by atoms with Crippen LogP contribution in [0.4, 0.5) is 5.69 Å². The van der Waals surface area contributed by atoms with E-state index in [0.29, 0.717) is 28.1 Å². The third kappa shape index (κ3) is 4.10. The second-order valence-corrected chi connectivity index (χ2v) is 7.92. The van der Waals surface area contributed by atoms with Crippen molar-refractivity contribution in [3.05, 3.63) is 52.5 Å². The number of benzene rings is 2. The summed E-state index contributed by atoms with van der Waals surface area (Å²) in [4.78, 5) is 15.2. The highest BCUT2D eigenvalue weighted by Crippen LogP contribution is 2.40. The number of para-hydroxylation sites is 1. The molecule has 0 unspecified atom stereocenters. The zero-order valence-electron chi connectivity index (χ0n) is 16.0. The average Bonchev–Trinajstić information content (AvgIpc) is 3.19. The lowest BCUT2D eigenvalue weighted by Crippen LogP contribution is -2.33. The molecular formula is C22H25ClN2O3. The van der Waals surface area contributed by atoms with Gasteiger partial charge in [0, 0.05) is 23.8 Å². The fourth-order valence-corrected chi connectivity index (χ4v) is 4.26. The molecule has 28 heavy (non-hydrogen) atoms. The predicted octanol–water partition coefficient (Wildman–Crippen LogP) is 5.09. The van der Waals surface area contributed by atoms with Gasteiger partial charge >= 0.3 is 0 Å². The van der Waals surface area contributed by atoms with Crippen molar-refractivity contribution in [1.82, 2.24) is 4.90 Å². The SMILES string of the molecule is CN(Cc1ccccc1NC(=O)c1cc(Cl)c2c(c1)OCO2)C1CCCCC1. The van der Waals surface area contributed by atoms with Gasteiger partial charge in [-0.15, -0.1) is 0 Å². The molecule has 2 aromatic carbocycles. The van der Waals surface area contributed by atoms with Crippen molar-refractivity contribution < 1.29 is 14.3 Å². The van der Waals surface area contributed by atoms with Gasteiger partial charge < -0.3 is 14.8 Å². The highest BCUT2D eigenvalue weighted by molar-refractivity contribution is 6.32. The van der Waals surface area contributed by atoms with Crippen LogP contribution in [0.25, 0.3) is 0 Å². The Hall–Kier alpha value is -2.24. The molecule has 1 aliphatic carbocycles. The number of rotatable bonds is 5. The maximum atomic E-state index is 12.8. The van der Waals surface area contributed by atoms with E-state index in [1.54, 1.807) is 12.1 Å². The molecule has 5 nitrogen and oxygen atoms in total. The maximum Gasteiger partial charge on any atom is 0.255 e. The molecule has 2 aliphatic rings. The number of hydrogen-bond acceptors (Lipinski definition) is 4. The fraction of sp³-hybridized carbons (Fsp3) is 0.409. The third-order valence-electron chi connectivity index (χ3n) is 5.57. The molecule has 0 spiro atoms. The first-order chi connectivity index (χ1) is 13.6. The Bertz CT molecular complexity index is 865. The lowest BCUT2D eigenvalue weighted by atomic mass is 9.94. The number of carbonyl (C=O) groups is 1. The highest BCUT2D eigenvalue weighted by Gasteiger charge is 2.22. The summed E-state index contributed by atoms with van der Waals surface area (Å²) in [5.41, 5.74) is 2.38. The number of nitrogens with zero attached hydrogens (tertiary/aromatic N) is 1. The van der Waals surface area contributed by atoms with Crippen LogP contribution in [0.1, 0.15) is 48.0 Å². The molecule has 1 heterocycles. The second-order valence-electron chi connectivity index (χ2n) is 7.51. The number of carbonyl (C=O) groups excluding carboxylic acids is 1. The van der Waals surface area contributed by atoms with Crippen LogP contribution in [0.3, 0.4) is 0 Å². The van der Waals surface area contributed by atoms with E-state index in [-0.39, 0.29) is 12.7 Å². The molecule has 1 aliphatic heterocycles. The first-order valence-corrected chi connectivity index (χ1v) is 10.2. The summed E-state index contributed by atoms with van der Waals surface area (Å²) in [7, 11) is 2.17. The zero-order valence-corrected chi connectivity index (χ0v) is 16.8. The smallest absolute Gasteiger partial charge is 0.255 e. The molecule has 0 aromatic heterocycles. The molecule has 1 fully saturated rings. The van der Waals surface area contributed by atoms with Gasteiger partial charge in [0.2, 0.25) is 6.79 Å². The van der Waals surface area contributed by atoms with Gasteiger partial charge in [-0.3, -0.25) is 9.69 Å². The number of amides is 1. The normalized spacial score (nSPS) is 16.4. The van der Waals surface area contributed by atoms with Gasteiger partial charge in [0.15, 0.2) is 11.5 Å². The van der Waals surface area contributed by atoms with Crippen LogP contribution in [-0.4, -0.2) is 30.7 Å². The van der Waals surface area contributed by atoms with Crippen LogP contribution in [0.5, 0.6) is 11.5 Å². The molecule has 6 heteroatoms. The number of nitrogens with one attached hydrogen (secondary N) is 1. The number of anilines is 1. The molecule has 1 saturated carbocycles. The van der Waals surface area contributed by atoms with Crippen LogP contribution in [0.2, 0.25) is 5.02 Å². The number of halogens is 1. The summed E-state index contributed by atoms with van der Waals surface area (Å²) >= 11 is 6.22. The molecule has 0 saturated heterocycles. The van der Waals surface area contributed by atoms with E-state index in [1.807, 2.05) is 18.2 Å². The van der Waals surface area contributed by atoms with E-state index in [1.165, 1.54) is 32.1 Å². The zero-order chi connectivity index (χ0) is 19.5. The van der Waals surface area contributed by atoms with Crippen molar-refractivity contribution in [3.63, 3.8) is 0 Å². The standard InChI is InChI=1S/C22H25ClN2O3/c1-25(17-8-3-2-4-9-17)13-15-7-5-6-10-19(15)24-22(26)16-11-18(23)21-20(12-16)27-14-28-21/h5-7,10-12,17H,2-4,8-9,13-14H2,1H3,(H,24,26). The van der Waals surface area contributed by atoms with E-state index >= 15 is 0 Å². The average molecular weight is 401 g/mol. The third-order valence-corrected chi connectivity index (χ3v) is 5.85. The quantitative estimate of drug-likeness (QED) is 0.759. The first kappa shape index (κ1) is 19.1. The van der Waals surface area contributed by atoms with E-state index in [4.69, 9.17) is 21.1 Å². The van der Waals surface area contributed by atoms with Crippen LogP contribution in [0, 0.1) is 0 Å². The second kappa shape index (κ2) is 8.41. The molecule has 0 bridgehead atoms. The summed E-state index contributed by atoms with van der Waals surface area (Å²) in [6.07, 6.45) is 6.45. The number of ether oxygens (including phenoxy) is 2. The van der Waals surface area contributed by atoms with Gasteiger partial charge in [0.25, 0.3) is 5.91 Å². The lowest BCUT2D eigenvalue weighted by Gasteiger charge is -2.31. The summed E-state index contributed by atoms with van der Waals surface area (Å²) < 4.78 is 10.7. The van der Waals surface area contributed by atoms with E-state index in [2.05, 4.69) is 23.3 Å². The van der Waals surface area contributed by atoms with E-state index in [9.17, 15) is 4.79 Å². The molecule has 0 radical (unpaired) electrons. The van der Waals surface area contributed by atoms with Crippen molar-refractivity contribution in [1.29, 1.82) is 0 Å². The first-order valence-electron chi connectivity index (χ1n) is 9.80. The summed E-state index contributed by atoms with van der Waals surface area (Å²) in [6, 6.07) is 11.9. The molecule has 148 valence electrons. The summed E-state index contributed by atoms with van der Waals surface area (Å²) in [5, 5.41) is 3.41. The summed E-state index contributed by atoms with van der Waals surface area (Å²) in [5.74, 6) is 0.781. The van der Waals surface area contributed by atoms with Crippen LogP contribution in [0.15, 0.2) is 36.4 Å². The molecule has 2 aromatic rings. The van der Waals surface area contributed by atoms with Crippen molar-refractivity contribution in [2.45, 2.75) is 44.7 Å². The van der Waals surface area contributed by atoms with Gasteiger partial charge in [0.05, 0.1) is 5.02 Å². The molecule has 4 rings (SSSR count).